The third-order valence-electron chi connectivity index (χ3n) is 4.53. The van der Waals surface area contributed by atoms with Crippen LogP contribution in [0.1, 0.15) is 18.4 Å². The maximum atomic E-state index is 13.5. The van der Waals surface area contributed by atoms with Crippen LogP contribution < -0.4 is 10.1 Å². The van der Waals surface area contributed by atoms with E-state index in [2.05, 4.69) is 5.32 Å². The molecule has 1 aliphatic heterocycles. The lowest BCUT2D eigenvalue weighted by molar-refractivity contribution is -0.120. The average Bonchev–Trinajstić information content (AvgIpc) is 3.23. The molecular formula is C20H23FN2O4S. The van der Waals surface area contributed by atoms with E-state index < -0.39 is 15.8 Å². The Bertz CT molecular complexity index is 910. The second-order valence-corrected chi connectivity index (χ2v) is 8.49. The van der Waals surface area contributed by atoms with Crippen molar-refractivity contribution in [3.8, 4) is 5.75 Å². The highest BCUT2D eigenvalue weighted by molar-refractivity contribution is 7.89. The predicted molar refractivity (Wildman–Crippen MR) is 103 cm³/mol. The first-order valence-electron chi connectivity index (χ1n) is 9.20. The van der Waals surface area contributed by atoms with Crippen molar-refractivity contribution in [3.63, 3.8) is 0 Å². The van der Waals surface area contributed by atoms with Crippen molar-refractivity contribution in [1.29, 1.82) is 0 Å². The van der Waals surface area contributed by atoms with Crippen molar-refractivity contribution >= 4 is 15.9 Å². The molecule has 1 amide bonds. The smallest absolute Gasteiger partial charge is 0.243 e. The zero-order valence-electron chi connectivity index (χ0n) is 15.4. The van der Waals surface area contributed by atoms with Crippen LogP contribution in [0.5, 0.6) is 5.75 Å². The van der Waals surface area contributed by atoms with Crippen molar-refractivity contribution in [2.75, 3.05) is 26.2 Å². The van der Waals surface area contributed by atoms with Gasteiger partial charge in [-0.15, -0.1) is 0 Å². The van der Waals surface area contributed by atoms with E-state index in [1.165, 1.54) is 22.5 Å². The van der Waals surface area contributed by atoms with Crippen LogP contribution in [0.4, 0.5) is 4.39 Å². The van der Waals surface area contributed by atoms with Crippen LogP contribution >= 0.6 is 0 Å². The molecule has 0 atom stereocenters. The fourth-order valence-corrected chi connectivity index (χ4v) is 4.54. The van der Waals surface area contributed by atoms with E-state index in [9.17, 15) is 17.6 Å². The zero-order valence-corrected chi connectivity index (χ0v) is 16.3. The van der Waals surface area contributed by atoms with Gasteiger partial charge in [0.1, 0.15) is 18.2 Å². The van der Waals surface area contributed by atoms with Crippen LogP contribution in [-0.4, -0.2) is 44.9 Å². The summed E-state index contributed by atoms with van der Waals surface area (Å²) in [6.45, 7) is 1.61. The van der Waals surface area contributed by atoms with E-state index in [0.29, 0.717) is 24.4 Å². The summed E-state index contributed by atoms with van der Waals surface area (Å²) in [4.78, 5) is 12.1. The highest BCUT2D eigenvalue weighted by atomic mass is 32.2. The summed E-state index contributed by atoms with van der Waals surface area (Å²) in [5.41, 5.74) is 0.343. The maximum absolute atomic E-state index is 13.5. The summed E-state index contributed by atoms with van der Waals surface area (Å²) in [5, 5.41) is 2.67. The first-order valence-corrected chi connectivity index (χ1v) is 10.6. The topological polar surface area (TPSA) is 75.7 Å². The quantitative estimate of drug-likeness (QED) is 0.683. The fraction of sp³-hybridized carbons (Fsp3) is 0.350. The second kappa shape index (κ2) is 9.16. The molecule has 1 aliphatic rings. The molecule has 0 unspecified atom stereocenters. The van der Waals surface area contributed by atoms with Gasteiger partial charge in [0.15, 0.2) is 0 Å². The lowest BCUT2D eigenvalue weighted by atomic mass is 10.1. The molecule has 3 rings (SSSR count). The fourth-order valence-electron chi connectivity index (χ4n) is 3.02. The van der Waals surface area contributed by atoms with Crippen LogP contribution in [-0.2, 0) is 21.2 Å². The van der Waals surface area contributed by atoms with Crippen molar-refractivity contribution in [1.82, 2.24) is 9.62 Å². The van der Waals surface area contributed by atoms with Crippen molar-refractivity contribution in [2.45, 2.75) is 24.2 Å². The lowest BCUT2D eigenvalue weighted by Crippen LogP contribution is -2.29. The van der Waals surface area contributed by atoms with Crippen LogP contribution in [0.15, 0.2) is 53.4 Å². The minimum Gasteiger partial charge on any atom is -0.492 e. The zero-order chi connectivity index (χ0) is 20.0. The van der Waals surface area contributed by atoms with Gasteiger partial charge in [-0.1, -0.05) is 18.2 Å². The lowest BCUT2D eigenvalue weighted by Gasteiger charge is -2.15. The van der Waals surface area contributed by atoms with Gasteiger partial charge in [-0.3, -0.25) is 4.79 Å². The van der Waals surface area contributed by atoms with Gasteiger partial charge < -0.3 is 10.1 Å². The Labute approximate surface area is 164 Å². The van der Waals surface area contributed by atoms with Gasteiger partial charge >= 0.3 is 0 Å². The molecule has 0 aromatic heterocycles. The summed E-state index contributed by atoms with van der Waals surface area (Å²) < 4.78 is 45.5. The van der Waals surface area contributed by atoms with E-state index in [-0.39, 0.29) is 30.4 Å². The van der Waals surface area contributed by atoms with Crippen molar-refractivity contribution < 1.29 is 22.3 Å². The highest BCUT2D eigenvalue weighted by Gasteiger charge is 2.26. The van der Waals surface area contributed by atoms with Gasteiger partial charge in [0.05, 0.1) is 17.9 Å². The Morgan fingerprint density at radius 3 is 2.43 bits per heavy atom. The largest absolute Gasteiger partial charge is 0.492 e. The van der Waals surface area contributed by atoms with Gasteiger partial charge in [-0.25, -0.2) is 12.8 Å². The molecule has 0 aliphatic carbocycles. The van der Waals surface area contributed by atoms with E-state index >= 15 is 0 Å². The van der Waals surface area contributed by atoms with Crippen LogP contribution in [0, 0.1) is 5.82 Å². The number of halogens is 1. The normalized spacial score (nSPS) is 14.8. The van der Waals surface area contributed by atoms with E-state index in [0.717, 1.165) is 12.8 Å². The number of amides is 1. The summed E-state index contributed by atoms with van der Waals surface area (Å²) in [5.74, 6) is -0.178. The molecule has 1 fully saturated rings. The monoisotopic (exact) mass is 406 g/mol. The Morgan fingerprint density at radius 2 is 1.75 bits per heavy atom. The Hall–Kier alpha value is -2.45. The number of carbonyl (C=O) groups is 1. The highest BCUT2D eigenvalue weighted by Crippen LogP contribution is 2.22. The van der Waals surface area contributed by atoms with Gasteiger partial charge in [-0.05, 0) is 48.7 Å². The SMILES string of the molecule is O=C(Cc1ccccc1F)NCCOc1ccc(S(=O)(=O)N2CCCC2)cc1. The molecule has 0 bridgehead atoms. The number of sulfonamides is 1. The number of nitrogens with one attached hydrogen (secondary N) is 1. The average molecular weight is 406 g/mol. The third kappa shape index (κ3) is 5.08. The van der Waals surface area contributed by atoms with Crippen LogP contribution in [0.25, 0.3) is 0 Å². The molecule has 0 spiro atoms. The number of nitrogens with zero attached hydrogens (tertiary/aromatic N) is 1. The maximum Gasteiger partial charge on any atom is 0.243 e. The summed E-state index contributed by atoms with van der Waals surface area (Å²) in [7, 11) is -3.44. The van der Waals surface area contributed by atoms with Crippen molar-refractivity contribution in [3.05, 3.63) is 59.9 Å². The molecule has 1 saturated heterocycles. The number of carbonyl (C=O) groups excluding carboxylic acids is 1. The number of hydrogen-bond donors (Lipinski definition) is 1. The van der Waals surface area contributed by atoms with Crippen LogP contribution in [0.2, 0.25) is 0 Å². The van der Waals surface area contributed by atoms with Gasteiger partial charge in [0.2, 0.25) is 15.9 Å². The molecule has 8 heteroatoms. The number of ether oxygens (including phenoxy) is 1. The third-order valence-corrected chi connectivity index (χ3v) is 6.44. The molecule has 6 nitrogen and oxygen atoms in total. The van der Waals surface area contributed by atoms with E-state index in [4.69, 9.17) is 4.74 Å². The Balaban J connectivity index is 1.44. The second-order valence-electron chi connectivity index (χ2n) is 6.55. The molecule has 28 heavy (non-hydrogen) atoms. The van der Waals surface area contributed by atoms with E-state index in [1.807, 2.05) is 0 Å². The minimum absolute atomic E-state index is 0.0320. The van der Waals surface area contributed by atoms with Crippen molar-refractivity contribution in [2.24, 2.45) is 0 Å². The van der Waals surface area contributed by atoms with E-state index in [1.54, 1.807) is 30.3 Å². The first kappa shape index (κ1) is 20.3. The standard InChI is InChI=1S/C20H23FN2O4S/c21-19-6-2-1-5-16(19)15-20(24)22-11-14-27-17-7-9-18(10-8-17)28(25,26)23-12-3-4-13-23/h1-2,5-10H,3-4,11-15H2,(H,22,24). The molecule has 0 saturated carbocycles. The number of rotatable bonds is 8. The molecule has 2 aromatic carbocycles. The molecule has 1 heterocycles. The molecule has 1 N–H and O–H groups in total. The first-order chi connectivity index (χ1) is 13.5. The molecule has 150 valence electrons. The summed E-state index contributed by atoms with van der Waals surface area (Å²) in [6.07, 6.45) is 1.75. The Kier molecular flexibility index (Phi) is 6.64. The van der Waals surface area contributed by atoms with Gasteiger partial charge in [-0.2, -0.15) is 4.31 Å². The van der Waals surface area contributed by atoms with Crippen LogP contribution in [0.3, 0.4) is 0 Å². The van der Waals surface area contributed by atoms with Gasteiger partial charge in [0, 0.05) is 13.1 Å². The Morgan fingerprint density at radius 1 is 1.07 bits per heavy atom. The van der Waals surface area contributed by atoms with Gasteiger partial charge in [0.25, 0.3) is 0 Å². The number of hydrogen-bond acceptors (Lipinski definition) is 4. The molecular weight excluding hydrogens is 383 g/mol. The minimum atomic E-state index is -3.44. The summed E-state index contributed by atoms with van der Waals surface area (Å²) >= 11 is 0. The molecule has 0 radical (unpaired) electrons. The summed E-state index contributed by atoms with van der Waals surface area (Å²) in [6, 6.07) is 12.4. The molecule has 2 aromatic rings. The number of benzene rings is 2. The predicted octanol–water partition coefficient (Wildman–Crippen LogP) is 2.35.